The Bertz CT molecular complexity index is 996. The molecular formula is C20H28N8O. The zero-order valence-corrected chi connectivity index (χ0v) is 17.2. The average molecular weight is 396 g/mol. The Morgan fingerprint density at radius 2 is 2.07 bits per heavy atom. The summed E-state index contributed by atoms with van der Waals surface area (Å²) in [4.78, 5) is 18.6. The molecule has 154 valence electrons. The molecule has 4 heterocycles. The van der Waals surface area contributed by atoms with Crippen LogP contribution in [0.25, 0.3) is 17.0 Å². The highest BCUT2D eigenvalue weighted by molar-refractivity contribution is 5.93. The maximum atomic E-state index is 11.8. The summed E-state index contributed by atoms with van der Waals surface area (Å²) in [7, 11) is 3.72. The first kappa shape index (κ1) is 19.4. The Balaban J connectivity index is 0.000000294. The Kier molecular flexibility index (Phi) is 5.48. The number of carbonyl (C=O) groups excluding carboxylic acids is 1. The first-order valence-electron chi connectivity index (χ1n) is 10.2. The molecule has 0 unspecified atom stereocenters. The molecule has 3 aromatic rings. The van der Waals surface area contributed by atoms with E-state index in [-0.39, 0.29) is 11.8 Å². The second kappa shape index (κ2) is 8.20. The summed E-state index contributed by atoms with van der Waals surface area (Å²) in [6.07, 6.45) is 6.85. The number of rotatable bonds is 5. The van der Waals surface area contributed by atoms with Crippen molar-refractivity contribution in [1.82, 2.24) is 29.3 Å². The summed E-state index contributed by atoms with van der Waals surface area (Å²) in [6, 6.07) is 3.77. The minimum atomic E-state index is 0.0396. The second-order valence-corrected chi connectivity index (χ2v) is 7.48. The summed E-state index contributed by atoms with van der Waals surface area (Å²) < 4.78 is 3.44. The summed E-state index contributed by atoms with van der Waals surface area (Å²) >= 11 is 0. The molecule has 2 aliphatic rings. The molecule has 0 spiro atoms. The number of aromatic nitrogens is 5. The summed E-state index contributed by atoms with van der Waals surface area (Å²) in [5, 5.41) is 14.8. The van der Waals surface area contributed by atoms with E-state index >= 15 is 0 Å². The van der Waals surface area contributed by atoms with Crippen molar-refractivity contribution >= 4 is 23.1 Å². The van der Waals surface area contributed by atoms with Crippen LogP contribution in [-0.2, 0) is 11.8 Å². The monoisotopic (exact) mass is 396 g/mol. The van der Waals surface area contributed by atoms with Gasteiger partial charge in [-0.05, 0) is 51.0 Å². The van der Waals surface area contributed by atoms with Crippen LogP contribution in [-0.4, -0.2) is 61.9 Å². The van der Waals surface area contributed by atoms with Crippen molar-refractivity contribution in [1.29, 1.82) is 0 Å². The standard InChI is InChI=1S/C15H17N7O.C5H11N/c1-16-11-7-17-21(2)14(11)10-5-6-13-18-12(8-22(13)20-10)19-15(23)9-3-4-9;1-2-6-4-3-5-6/h5-9,16H,3-4H2,1-2H3,(H,19,23);2-5H2,1H3. The van der Waals surface area contributed by atoms with Gasteiger partial charge in [-0.25, -0.2) is 9.50 Å². The molecule has 1 saturated heterocycles. The van der Waals surface area contributed by atoms with Gasteiger partial charge in [0.05, 0.1) is 18.1 Å². The third kappa shape index (κ3) is 4.24. The maximum Gasteiger partial charge on any atom is 0.228 e. The quantitative estimate of drug-likeness (QED) is 0.687. The number of likely N-dealkylation sites (tertiary alicyclic amines) is 1. The minimum Gasteiger partial charge on any atom is -0.385 e. The Morgan fingerprint density at radius 1 is 1.28 bits per heavy atom. The van der Waals surface area contributed by atoms with E-state index in [1.165, 1.54) is 26.1 Å². The Hall–Kier alpha value is -2.94. The average Bonchev–Trinajstić information content (AvgIpc) is 3.35. The van der Waals surface area contributed by atoms with Gasteiger partial charge in [0, 0.05) is 20.0 Å². The van der Waals surface area contributed by atoms with E-state index in [1.807, 2.05) is 26.2 Å². The molecule has 9 heteroatoms. The number of fused-ring (bicyclic) bond motifs is 1. The van der Waals surface area contributed by atoms with Crippen molar-refractivity contribution in [2.75, 3.05) is 37.3 Å². The van der Waals surface area contributed by atoms with Crippen LogP contribution >= 0.6 is 0 Å². The maximum absolute atomic E-state index is 11.8. The lowest BCUT2D eigenvalue weighted by atomic mass is 10.2. The molecule has 0 radical (unpaired) electrons. The number of carbonyl (C=O) groups is 1. The third-order valence-corrected chi connectivity index (χ3v) is 5.37. The molecule has 1 aliphatic heterocycles. The molecule has 5 rings (SSSR count). The van der Waals surface area contributed by atoms with E-state index in [0.717, 1.165) is 29.9 Å². The smallest absolute Gasteiger partial charge is 0.228 e. The fourth-order valence-electron chi connectivity index (χ4n) is 3.26. The lowest BCUT2D eigenvalue weighted by Gasteiger charge is -2.28. The minimum absolute atomic E-state index is 0.0396. The van der Waals surface area contributed by atoms with Crippen molar-refractivity contribution in [2.24, 2.45) is 13.0 Å². The predicted molar refractivity (Wildman–Crippen MR) is 113 cm³/mol. The van der Waals surface area contributed by atoms with Crippen molar-refractivity contribution in [3.05, 3.63) is 24.5 Å². The predicted octanol–water partition coefficient (Wildman–Crippen LogP) is 2.23. The topological polar surface area (TPSA) is 92.4 Å². The molecule has 9 nitrogen and oxygen atoms in total. The van der Waals surface area contributed by atoms with Crippen LogP contribution in [0.15, 0.2) is 24.5 Å². The molecule has 2 N–H and O–H groups in total. The summed E-state index contributed by atoms with van der Waals surface area (Å²) in [6.45, 7) is 6.14. The van der Waals surface area contributed by atoms with E-state index in [9.17, 15) is 4.79 Å². The van der Waals surface area contributed by atoms with E-state index in [1.54, 1.807) is 21.6 Å². The summed E-state index contributed by atoms with van der Waals surface area (Å²) in [5.74, 6) is 0.721. The molecule has 3 aromatic heterocycles. The van der Waals surface area contributed by atoms with E-state index < -0.39 is 0 Å². The number of amides is 1. The lowest BCUT2D eigenvalue weighted by molar-refractivity contribution is -0.117. The van der Waals surface area contributed by atoms with Crippen LogP contribution < -0.4 is 10.6 Å². The van der Waals surface area contributed by atoms with Crippen LogP contribution in [0.3, 0.4) is 0 Å². The van der Waals surface area contributed by atoms with Gasteiger partial charge in [0.15, 0.2) is 11.5 Å². The zero-order chi connectivity index (χ0) is 20.4. The van der Waals surface area contributed by atoms with E-state index in [0.29, 0.717) is 11.5 Å². The highest BCUT2D eigenvalue weighted by Gasteiger charge is 2.30. The van der Waals surface area contributed by atoms with Gasteiger partial charge >= 0.3 is 0 Å². The number of aryl methyl sites for hydroxylation is 1. The van der Waals surface area contributed by atoms with Gasteiger partial charge in [0.2, 0.25) is 5.91 Å². The highest BCUT2D eigenvalue weighted by atomic mass is 16.2. The van der Waals surface area contributed by atoms with E-state index in [2.05, 4.69) is 37.6 Å². The first-order valence-corrected chi connectivity index (χ1v) is 10.2. The van der Waals surface area contributed by atoms with Crippen molar-refractivity contribution in [2.45, 2.75) is 26.2 Å². The molecule has 1 saturated carbocycles. The normalized spacial score (nSPS) is 16.1. The Morgan fingerprint density at radius 3 is 2.66 bits per heavy atom. The van der Waals surface area contributed by atoms with Crippen LogP contribution in [0.4, 0.5) is 11.5 Å². The number of imidazole rings is 1. The van der Waals surface area contributed by atoms with Gasteiger partial charge in [-0.3, -0.25) is 9.48 Å². The molecule has 0 aromatic carbocycles. The van der Waals surface area contributed by atoms with Crippen LogP contribution in [0.2, 0.25) is 0 Å². The zero-order valence-electron chi connectivity index (χ0n) is 17.2. The SMILES string of the molecule is CCN1CCC1.CNc1cnn(C)c1-c1ccc2nc(NC(=O)C3CC3)cn2n1. The summed E-state index contributed by atoms with van der Waals surface area (Å²) in [5.41, 5.74) is 3.26. The second-order valence-electron chi connectivity index (χ2n) is 7.48. The molecule has 0 atom stereocenters. The highest BCUT2D eigenvalue weighted by Crippen LogP contribution is 2.30. The number of nitrogens with one attached hydrogen (secondary N) is 2. The molecule has 0 bridgehead atoms. The van der Waals surface area contributed by atoms with Gasteiger partial charge < -0.3 is 15.5 Å². The van der Waals surface area contributed by atoms with E-state index in [4.69, 9.17) is 0 Å². The van der Waals surface area contributed by atoms with Crippen LogP contribution in [0.1, 0.15) is 26.2 Å². The first-order chi connectivity index (χ1) is 14.1. The largest absolute Gasteiger partial charge is 0.385 e. The number of hydrogen-bond donors (Lipinski definition) is 2. The molecule has 1 amide bonds. The van der Waals surface area contributed by atoms with Gasteiger partial charge in [-0.15, -0.1) is 0 Å². The van der Waals surface area contributed by atoms with Gasteiger partial charge in [-0.2, -0.15) is 10.2 Å². The number of nitrogens with zero attached hydrogens (tertiary/aromatic N) is 6. The molecular weight excluding hydrogens is 368 g/mol. The van der Waals surface area contributed by atoms with Crippen molar-refractivity contribution in [3.63, 3.8) is 0 Å². The van der Waals surface area contributed by atoms with Crippen LogP contribution in [0, 0.1) is 5.92 Å². The van der Waals surface area contributed by atoms with Crippen molar-refractivity contribution < 1.29 is 4.79 Å². The lowest BCUT2D eigenvalue weighted by Crippen LogP contribution is -2.36. The van der Waals surface area contributed by atoms with Gasteiger partial charge in [0.1, 0.15) is 11.4 Å². The number of anilines is 2. The molecule has 2 fully saturated rings. The van der Waals surface area contributed by atoms with Crippen molar-refractivity contribution in [3.8, 4) is 11.4 Å². The van der Waals surface area contributed by atoms with Crippen LogP contribution in [0.5, 0.6) is 0 Å². The number of hydrogen-bond acceptors (Lipinski definition) is 6. The third-order valence-electron chi connectivity index (χ3n) is 5.37. The molecule has 29 heavy (non-hydrogen) atoms. The van der Waals surface area contributed by atoms with Gasteiger partial charge in [-0.1, -0.05) is 6.92 Å². The molecule has 1 aliphatic carbocycles. The van der Waals surface area contributed by atoms with Gasteiger partial charge in [0.25, 0.3) is 0 Å². The fourth-order valence-corrected chi connectivity index (χ4v) is 3.26. The fraction of sp³-hybridized carbons (Fsp3) is 0.500. The Labute approximate surface area is 170 Å².